The monoisotopic (exact) mass is 769 g/mol. The topological polar surface area (TPSA) is 29.5 Å². The smallest absolute Gasteiger partial charge is 0.143 e. The molecule has 0 unspecified atom stereocenters. The van der Waals surface area contributed by atoms with Gasteiger partial charge in [0.25, 0.3) is 0 Å². The fourth-order valence-corrected chi connectivity index (χ4v) is 9.75. The predicted molar refractivity (Wildman–Crippen MR) is 250 cm³/mol. The molecule has 284 valence electrons. The highest BCUT2D eigenvalue weighted by atomic mass is 16.3. The van der Waals surface area contributed by atoms with Crippen LogP contribution >= 0.6 is 0 Å². The molecule has 60 heavy (non-hydrogen) atoms. The van der Waals surface area contributed by atoms with E-state index in [9.17, 15) is 0 Å². The predicted octanol–water partition coefficient (Wildman–Crippen LogP) is 16.3. The van der Waals surface area contributed by atoms with Gasteiger partial charge in [0, 0.05) is 55.1 Å². The van der Waals surface area contributed by atoms with Crippen molar-refractivity contribution < 1.29 is 8.83 Å². The van der Waals surface area contributed by atoms with Gasteiger partial charge in [-0.3, -0.25) is 0 Å². The zero-order valence-corrected chi connectivity index (χ0v) is 33.3. The minimum atomic E-state index is -0.296. The third kappa shape index (κ3) is 5.22. The van der Waals surface area contributed by atoms with Crippen molar-refractivity contribution in [3.63, 3.8) is 0 Å². The van der Waals surface area contributed by atoms with E-state index in [1.807, 2.05) is 12.1 Å². The van der Waals surface area contributed by atoms with E-state index in [0.717, 1.165) is 66.7 Å². The van der Waals surface area contributed by atoms with Crippen LogP contribution in [0, 0.1) is 0 Å². The molecule has 12 rings (SSSR count). The molecule has 3 heteroatoms. The van der Waals surface area contributed by atoms with E-state index in [4.69, 9.17) is 8.83 Å². The van der Waals surface area contributed by atoms with Gasteiger partial charge in [-0.2, -0.15) is 0 Å². The molecule has 0 amide bonds. The van der Waals surface area contributed by atoms with Gasteiger partial charge in [-0.15, -0.1) is 0 Å². The van der Waals surface area contributed by atoms with Crippen molar-refractivity contribution in [2.75, 3.05) is 4.90 Å². The lowest BCUT2D eigenvalue weighted by molar-refractivity contribution is 0.647. The molecule has 11 aromatic rings. The number of hydrogen-bond donors (Lipinski definition) is 0. The Hall–Kier alpha value is -7.62. The van der Waals surface area contributed by atoms with Crippen LogP contribution in [0.2, 0.25) is 0 Å². The van der Waals surface area contributed by atoms with Crippen molar-refractivity contribution in [3.05, 3.63) is 211 Å². The summed E-state index contributed by atoms with van der Waals surface area (Å²) >= 11 is 0. The van der Waals surface area contributed by atoms with E-state index in [1.54, 1.807) is 0 Å². The van der Waals surface area contributed by atoms with Gasteiger partial charge in [0.2, 0.25) is 0 Å². The second-order valence-electron chi connectivity index (χ2n) is 16.4. The van der Waals surface area contributed by atoms with E-state index in [-0.39, 0.29) is 5.41 Å². The Bertz CT molecular complexity index is 3430. The molecule has 3 nitrogen and oxygen atoms in total. The number of hydrogen-bond acceptors (Lipinski definition) is 3. The first-order valence-corrected chi connectivity index (χ1v) is 20.7. The maximum atomic E-state index is 6.62. The average Bonchev–Trinajstić information content (AvgIpc) is 3.94. The second-order valence-corrected chi connectivity index (χ2v) is 16.4. The molecule has 0 saturated carbocycles. The number of rotatable bonds is 6. The quantitative estimate of drug-likeness (QED) is 0.169. The summed E-state index contributed by atoms with van der Waals surface area (Å²) in [6.07, 6.45) is 0. The maximum absolute atomic E-state index is 6.62. The zero-order valence-electron chi connectivity index (χ0n) is 33.3. The lowest BCUT2D eigenvalue weighted by Gasteiger charge is -2.28. The molecule has 0 aliphatic heterocycles. The minimum absolute atomic E-state index is 0.296. The van der Waals surface area contributed by atoms with E-state index >= 15 is 0 Å². The molecule has 0 radical (unpaired) electrons. The molecule has 0 fully saturated rings. The fraction of sp³-hybridized carbons (Fsp3) is 0.0526. The first-order chi connectivity index (χ1) is 29.5. The summed E-state index contributed by atoms with van der Waals surface area (Å²) in [5.74, 6) is 0. The van der Waals surface area contributed by atoms with Gasteiger partial charge in [0.1, 0.15) is 22.3 Å². The third-order valence-corrected chi connectivity index (χ3v) is 12.7. The van der Waals surface area contributed by atoms with Gasteiger partial charge in [-0.05, 0) is 99.1 Å². The number of anilines is 3. The summed E-state index contributed by atoms with van der Waals surface area (Å²) in [7, 11) is 0. The standard InChI is InChI=1S/C57H39NO2/c1-57(2)48-34-42(32-33-46(48)54-49(57)35-52-55(47-19-10-12-23-51(47)59-52)53(54)39-16-7-4-8-17-39)58(40-28-24-37(25-29-40)36-14-5-3-6-15-36)41-30-26-38(27-31-41)43-20-13-21-45-44-18-9-11-22-50(44)60-56(43)45/h3-35H,1-2H3. The summed E-state index contributed by atoms with van der Waals surface area (Å²) < 4.78 is 13.1. The molecule has 9 aromatic carbocycles. The molecule has 0 saturated heterocycles. The number of furan rings is 2. The second kappa shape index (κ2) is 13.2. The Morgan fingerprint density at radius 1 is 0.367 bits per heavy atom. The number of benzene rings is 9. The summed E-state index contributed by atoms with van der Waals surface area (Å²) in [5, 5.41) is 4.57. The molecule has 0 spiro atoms. The number of nitrogens with zero attached hydrogens (tertiary/aromatic N) is 1. The SMILES string of the molecule is CC1(C)c2cc(N(c3ccc(-c4ccccc4)cc3)c3ccc(-c4cccc5c4oc4ccccc45)cc3)ccc2-c2c1cc1oc3ccccc3c1c2-c1ccccc1. The van der Waals surface area contributed by atoms with E-state index in [1.165, 1.54) is 49.9 Å². The fourth-order valence-electron chi connectivity index (χ4n) is 9.75. The lowest BCUT2D eigenvalue weighted by atomic mass is 9.81. The van der Waals surface area contributed by atoms with Crippen LogP contribution in [0.15, 0.2) is 209 Å². The highest BCUT2D eigenvalue weighted by Crippen LogP contribution is 2.56. The summed E-state index contributed by atoms with van der Waals surface area (Å²) in [6.45, 7) is 4.72. The highest BCUT2D eigenvalue weighted by Gasteiger charge is 2.39. The van der Waals surface area contributed by atoms with Crippen LogP contribution in [0.4, 0.5) is 17.1 Å². The Morgan fingerprint density at radius 3 is 1.65 bits per heavy atom. The molecule has 1 aliphatic carbocycles. The largest absolute Gasteiger partial charge is 0.456 e. The maximum Gasteiger partial charge on any atom is 0.143 e. The van der Waals surface area contributed by atoms with Gasteiger partial charge in [-0.25, -0.2) is 0 Å². The molecule has 0 bridgehead atoms. The van der Waals surface area contributed by atoms with E-state index in [2.05, 4.69) is 207 Å². The van der Waals surface area contributed by atoms with Crippen molar-refractivity contribution in [3.8, 4) is 44.5 Å². The van der Waals surface area contributed by atoms with Crippen LogP contribution in [0.5, 0.6) is 0 Å². The average molecular weight is 770 g/mol. The van der Waals surface area contributed by atoms with Crippen LogP contribution in [0.1, 0.15) is 25.0 Å². The van der Waals surface area contributed by atoms with Crippen molar-refractivity contribution in [1.82, 2.24) is 0 Å². The molecule has 0 N–H and O–H groups in total. The van der Waals surface area contributed by atoms with Gasteiger partial charge in [0.05, 0.1) is 0 Å². The summed E-state index contributed by atoms with van der Waals surface area (Å²) in [6, 6.07) is 71.8. The Morgan fingerprint density at radius 2 is 0.933 bits per heavy atom. The first-order valence-electron chi connectivity index (χ1n) is 20.7. The Balaban J connectivity index is 1.03. The van der Waals surface area contributed by atoms with Gasteiger partial charge >= 0.3 is 0 Å². The lowest BCUT2D eigenvalue weighted by Crippen LogP contribution is -2.16. The van der Waals surface area contributed by atoms with Crippen molar-refractivity contribution in [1.29, 1.82) is 0 Å². The van der Waals surface area contributed by atoms with Crippen LogP contribution < -0.4 is 4.90 Å². The molecular weight excluding hydrogens is 731 g/mol. The van der Waals surface area contributed by atoms with Gasteiger partial charge in [-0.1, -0.05) is 159 Å². The summed E-state index contributed by atoms with van der Waals surface area (Å²) in [5.41, 5.74) is 18.7. The van der Waals surface area contributed by atoms with Crippen LogP contribution in [-0.4, -0.2) is 0 Å². The highest BCUT2D eigenvalue weighted by molar-refractivity contribution is 6.18. The molecule has 2 heterocycles. The van der Waals surface area contributed by atoms with Crippen LogP contribution in [0.3, 0.4) is 0 Å². The van der Waals surface area contributed by atoms with E-state index in [0.29, 0.717) is 0 Å². The van der Waals surface area contributed by atoms with Crippen LogP contribution in [0.25, 0.3) is 88.4 Å². The Labute approximate surface area is 348 Å². The Kier molecular flexibility index (Phi) is 7.58. The normalized spacial score (nSPS) is 13.0. The molecule has 1 aliphatic rings. The van der Waals surface area contributed by atoms with Gasteiger partial charge in [0.15, 0.2) is 0 Å². The van der Waals surface area contributed by atoms with Crippen LogP contribution in [-0.2, 0) is 5.41 Å². The van der Waals surface area contributed by atoms with Crippen molar-refractivity contribution in [2.45, 2.75) is 19.3 Å². The third-order valence-electron chi connectivity index (χ3n) is 12.7. The zero-order chi connectivity index (χ0) is 40.0. The number of para-hydroxylation sites is 3. The molecular formula is C57H39NO2. The molecule has 0 atom stereocenters. The summed E-state index contributed by atoms with van der Waals surface area (Å²) in [4.78, 5) is 2.39. The first kappa shape index (κ1) is 34.4. The van der Waals surface area contributed by atoms with E-state index < -0.39 is 0 Å². The van der Waals surface area contributed by atoms with Gasteiger partial charge < -0.3 is 13.7 Å². The number of fused-ring (bicyclic) bond motifs is 9. The molecule has 2 aromatic heterocycles. The van der Waals surface area contributed by atoms with Crippen molar-refractivity contribution in [2.24, 2.45) is 0 Å². The van der Waals surface area contributed by atoms with Crippen molar-refractivity contribution >= 4 is 60.9 Å². The minimum Gasteiger partial charge on any atom is -0.456 e.